The Bertz CT molecular complexity index is 1230. The van der Waals surface area contributed by atoms with Gasteiger partial charge in [-0.15, -0.1) is 0 Å². The number of fused-ring (bicyclic) bond motifs is 1. The van der Waals surface area contributed by atoms with Gasteiger partial charge in [0.2, 0.25) is 0 Å². The maximum Gasteiger partial charge on any atom is 0.387 e. The molecule has 1 aliphatic carbocycles. The van der Waals surface area contributed by atoms with Crippen LogP contribution in [-0.4, -0.2) is 47.7 Å². The van der Waals surface area contributed by atoms with Crippen molar-refractivity contribution in [2.75, 3.05) is 13.7 Å². The van der Waals surface area contributed by atoms with Gasteiger partial charge in [-0.25, -0.2) is 9.37 Å². The number of aromatic amines is 1. The second-order valence-corrected chi connectivity index (χ2v) is 9.52. The average molecular weight is 570 g/mol. The largest absolute Gasteiger partial charge is 0.434 e. The first-order valence-corrected chi connectivity index (χ1v) is 13.2. The number of aromatic nitrogens is 2. The molecule has 1 saturated carbocycles. The summed E-state index contributed by atoms with van der Waals surface area (Å²) in [4.78, 5) is 11.4. The van der Waals surface area contributed by atoms with Crippen molar-refractivity contribution in [2.24, 2.45) is 10.9 Å². The van der Waals surface area contributed by atoms with E-state index in [2.05, 4.69) is 26.6 Å². The highest BCUT2D eigenvalue weighted by Crippen LogP contribution is 2.34. The first-order valence-electron chi connectivity index (χ1n) is 12.9. The maximum atomic E-state index is 13.9. The molecule has 1 fully saturated rings. The van der Waals surface area contributed by atoms with Gasteiger partial charge < -0.3 is 14.8 Å². The smallest absolute Gasteiger partial charge is 0.387 e. The second kappa shape index (κ2) is 16.3. The molecule has 0 bridgehead atoms. The zero-order valence-electron chi connectivity index (χ0n) is 22.7. The minimum Gasteiger partial charge on any atom is -0.434 e. The minimum absolute atomic E-state index is 0.0196. The number of hydrogen-bond donors (Lipinski definition) is 2. The summed E-state index contributed by atoms with van der Waals surface area (Å²) in [7, 11) is 1.67. The van der Waals surface area contributed by atoms with Gasteiger partial charge >= 0.3 is 6.61 Å². The number of benzene rings is 1. The SMILES string of the molecule is C/C=C(\C=NC)c1cnc2[nH]cc(Cc3c(OC(F)F)ccc(F)c3Cl)c2c1.CC1CCC(O)CC1.CCF. The quantitative estimate of drug-likeness (QED) is 0.232. The topological polar surface area (TPSA) is 70.5 Å². The summed E-state index contributed by atoms with van der Waals surface area (Å²) in [5.74, 6) is -0.00202. The zero-order valence-corrected chi connectivity index (χ0v) is 23.4. The lowest BCUT2D eigenvalue weighted by molar-refractivity contribution is -0.0504. The Hall–Kier alpha value is -2.91. The Labute approximate surface area is 232 Å². The van der Waals surface area contributed by atoms with E-state index in [1.165, 1.54) is 19.8 Å². The molecule has 2 heterocycles. The van der Waals surface area contributed by atoms with Gasteiger partial charge in [-0.3, -0.25) is 9.38 Å². The lowest BCUT2D eigenvalue weighted by Gasteiger charge is -2.21. The summed E-state index contributed by atoms with van der Waals surface area (Å²) in [5, 5.41) is 9.55. The molecular formula is C29H36ClF4N3O2. The van der Waals surface area contributed by atoms with Crippen LogP contribution in [0.4, 0.5) is 17.6 Å². The zero-order chi connectivity index (χ0) is 28.9. The van der Waals surface area contributed by atoms with Crippen molar-refractivity contribution >= 4 is 34.4 Å². The number of hydrogen-bond acceptors (Lipinski definition) is 4. The van der Waals surface area contributed by atoms with Gasteiger partial charge in [0.1, 0.15) is 17.2 Å². The molecule has 5 nitrogen and oxygen atoms in total. The van der Waals surface area contributed by atoms with Gasteiger partial charge in [0.25, 0.3) is 0 Å². The van der Waals surface area contributed by atoms with Crippen LogP contribution in [0, 0.1) is 11.7 Å². The fourth-order valence-electron chi connectivity index (χ4n) is 4.20. The van der Waals surface area contributed by atoms with Gasteiger partial charge in [-0.1, -0.05) is 24.6 Å². The van der Waals surface area contributed by atoms with E-state index >= 15 is 0 Å². The third-order valence-corrected chi connectivity index (χ3v) is 6.66. The standard InChI is InChI=1S/C20H17ClF3N3O.C7H14O.C2H5F/c1-3-11(8-25-2)12-6-14-13(10-27-19(14)26-9-12)7-15-17(28-20(23)24)5-4-16(22)18(15)21;1-6-2-4-7(8)5-3-6;1-2-3/h3-6,8-10,20H,7H2,1-2H3,(H,26,27);6-8H,2-5H2,1H3;2H2,1H3/b11-3+,25-8?;;. The molecule has 4 rings (SSSR count). The molecule has 0 radical (unpaired) electrons. The monoisotopic (exact) mass is 569 g/mol. The number of nitrogens with zero attached hydrogens (tertiary/aromatic N) is 2. The number of ether oxygens (including phenoxy) is 1. The van der Waals surface area contributed by atoms with Gasteiger partial charge in [0.15, 0.2) is 0 Å². The Morgan fingerprint density at radius 2 is 1.95 bits per heavy atom. The van der Waals surface area contributed by atoms with E-state index in [1.807, 2.05) is 19.1 Å². The highest BCUT2D eigenvalue weighted by atomic mass is 35.5. The molecule has 10 heteroatoms. The van der Waals surface area contributed by atoms with E-state index in [1.54, 1.807) is 25.7 Å². The van der Waals surface area contributed by atoms with Crippen LogP contribution in [0.25, 0.3) is 16.6 Å². The summed E-state index contributed by atoms with van der Waals surface area (Å²) >= 11 is 6.04. The molecular weight excluding hydrogens is 534 g/mol. The molecule has 2 N–H and O–H groups in total. The number of aliphatic hydroxyl groups is 1. The molecule has 0 atom stereocenters. The molecule has 0 saturated heterocycles. The third-order valence-electron chi connectivity index (χ3n) is 6.25. The van der Waals surface area contributed by atoms with Crippen LogP contribution in [-0.2, 0) is 6.42 Å². The highest BCUT2D eigenvalue weighted by molar-refractivity contribution is 6.31. The molecule has 39 heavy (non-hydrogen) atoms. The van der Waals surface area contributed by atoms with Crippen LogP contribution < -0.4 is 4.74 Å². The van der Waals surface area contributed by atoms with Crippen molar-refractivity contribution in [2.45, 2.75) is 65.6 Å². The van der Waals surface area contributed by atoms with E-state index in [0.717, 1.165) is 53.0 Å². The summed E-state index contributed by atoms with van der Waals surface area (Å²) in [6, 6.07) is 4.06. The number of nitrogens with one attached hydrogen (secondary N) is 1. The number of allylic oxidation sites excluding steroid dienone is 2. The Morgan fingerprint density at radius 1 is 1.28 bits per heavy atom. The van der Waals surface area contributed by atoms with Crippen molar-refractivity contribution in [1.29, 1.82) is 0 Å². The molecule has 1 aromatic carbocycles. The van der Waals surface area contributed by atoms with Gasteiger partial charge in [0.05, 0.1) is 17.8 Å². The summed E-state index contributed by atoms with van der Waals surface area (Å²) < 4.78 is 54.2. The van der Waals surface area contributed by atoms with Crippen LogP contribution in [0.1, 0.15) is 63.1 Å². The third kappa shape index (κ3) is 9.65. The maximum absolute atomic E-state index is 13.9. The molecule has 0 unspecified atom stereocenters. The van der Waals surface area contributed by atoms with E-state index in [9.17, 15) is 17.6 Å². The van der Waals surface area contributed by atoms with Crippen molar-refractivity contribution in [3.05, 3.63) is 64.2 Å². The number of aliphatic hydroxyl groups excluding tert-OH is 1. The first-order chi connectivity index (χ1) is 18.6. The number of aliphatic imine (C=N–C) groups is 1. The second-order valence-electron chi connectivity index (χ2n) is 9.14. The van der Waals surface area contributed by atoms with Crippen LogP contribution in [0.3, 0.4) is 0 Å². The molecule has 214 valence electrons. The lowest BCUT2D eigenvalue weighted by atomic mass is 9.89. The molecule has 0 amide bonds. The van der Waals surface area contributed by atoms with Gasteiger partial charge in [0, 0.05) is 48.6 Å². The van der Waals surface area contributed by atoms with Crippen molar-refractivity contribution < 1.29 is 27.4 Å². The fourth-order valence-corrected chi connectivity index (χ4v) is 4.42. The minimum atomic E-state index is -3.04. The van der Waals surface area contributed by atoms with E-state index < -0.39 is 12.4 Å². The molecule has 0 spiro atoms. The van der Waals surface area contributed by atoms with E-state index in [0.29, 0.717) is 5.65 Å². The number of H-pyrrole nitrogens is 1. The Kier molecular flexibility index (Phi) is 13.5. The van der Waals surface area contributed by atoms with Crippen molar-refractivity contribution in [3.63, 3.8) is 0 Å². The van der Waals surface area contributed by atoms with Crippen molar-refractivity contribution in [1.82, 2.24) is 9.97 Å². The molecule has 3 aromatic rings. The Balaban J connectivity index is 0.000000405. The summed E-state index contributed by atoms with van der Waals surface area (Å²) in [6.45, 7) is 2.31. The van der Waals surface area contributed by atoms with E-state index in [4.69, 9.17) is 16.7 Å². The fraction of sp³-hybridized carbons (Fsp3) is 0.448. The number of pyridine rings is 1. The number of halogens is 5. The predicted octanol–water partition coefficient (Wildman–Crippen LogP) is 8.18. The summed E-state index contributed by atoms with van der Waals surface area (Å²) in [5.41, 5.74) is 3.21. The summed E-state index contributed by atoms with van der Waals surface area (Å²) in [6.07, 6.45) is 11.6. The van der Waals surface area contributed by atoms with Gasteiger partial charge in [-0.2, -0.15) is 8.78 Å². The van der Waals surface area contributed by atoms with Gasteiger partial charge in [-0.05, 0) is 74.8 Å². The van der Waals surface area contributed by atoms with Crippen molar-refractivity contribution in [3.8, 4) is 5.75 Å². The Morgan fingerprint density at radius 3 is 2.51 bits per heavy atom. The highest BCUT2D eigenvalue weighted by Gasteiger charge is 2.19. The molecule has 1 aliphatic rings. The first kappa shape index (κ1) is 32.3. The number of rotatable bonds is 6. The molecule has 0 aliphatic heterocycles. The van der Waals surface area contributed by atoms with Crippen LogP contribution in [0.5, 0.6) is 5.75 Å². The van der Waals surface area contributed by atoms with Crippen LogP contribution >= 0.6 is 11.6 Å². The molecule has 2 aromatic heterocycles. The van der Waals surface area contributed by atoms with E-state index in [-0.39, 0.29) is 35.5 Å². The lowest BCUT2D eigenvalue weighted by Crippen LogP contribution is -2.15. The van der Waals surface area contributed by atoms with Crippen LogP contribution in [0.15, 0.2) is 41.7 Å². The normalized spacial score (nSPS) is 17.6. The number of alkyl halides is 3. The predicted molar refractivity (Wildman–Crippen MR) is 150 cm³/mol. The average Bonchev–Trinajstić information content (AvgIpc) is 3.31. The van der Waals surface area contributed by atoms with Crippen LogP contribution in [0.2, 0.25) is 5.02 Å².